The van der Waals surface area contributed by atoms with Gasteiger partial charge >= 0.3 is 0 Å². The summed E-state index contributed by atoms with van der Waals surface area (Å²) in [5.74, 6) is 0.923. The predicted octanol–water partition coefficient (Wildman–Crippen LogP) is 0.740. The molecule has 0 aromatic carbocycles. The van der Waals surface area contributed by atoms with Crippen molar-refractivity contribution in [3.8, 4) is 6.07 Å². The normalized spacial score (nSPS) is 19.9. The Kier molecular flexibility index (Phi) is 4.94. The molecule has 126 valence electrons. The van der Waals surface area contributed by atoms with Crippen LogP contribution in [0.25, 0.3) is 0 Å². The molecule has 2 fully saturated rings. The standard InChI is InChI=1S/C17H21N5O2/c18-9-13-2-1-5-19-16(13)20-6-7-21-17(24)14-8-15(23)22(11-14)10-12-3-4-12/h1-2,5,12,14H,3-4,6-8,10-11H2,(H,19,20)(H,21,24)/t14-/m1/s1. The number of pyridine rings is 1. The summed E-state index contributed by atoms with van der Waals surface area (Å²) in [7, 11) is 0. The number of carbonyl (C=O) groups excluding carboxylic acids is 2. The van der Waals surface area contributed by atoms with Gasteiger partial charge in [0.05, 0.1) is 11.5 Å². The lowest BCUT2D eigenvalue weighted by molar-refractivity contribution is -0.129. The number of nitrogens with zero attached hydrogens (tertiary/aromatic N) is 3. The van der Waals surface area contributed by atoms with Gasteiger partial charge in [0.2, 0.25) is 11.8 Å². The Morgan fingerprint density at radius 3 is 3.00 bits per heavy atom. The fourth-order valence-corrected chi connectivity index (χ4v) is 2.88. The number of hydrogen-bond donors (Lipinski definition) is 2. The van der Waals surface area contributed by atoms with Crippen molar-refractivity contribution in [2.75, 3.05) is 31.5 Å². The Hall–Kier alpha value is -2.62. The highest BCUT2D eigenvalue weighted by molar-refractivity contribution is 5.89. The SMILES string of the molecule is N#Cc1cccnc1NCCNC(=O)[C@@H]1CC(=O)N(CC2CC2)C1. The van der Waals surface area contributed by atoms with Gasteiger partial charge in [-0.3, -0.25) is 9.59 Å². The zero-order chi connectivity index (χ0) is 16.9. The third kappa shape index (κ3) is 4.02. The maximum absolute atomic E-state index is 12.2. The van der Waals surface area contributed by atoms with Crippen molar-refractivity contribution >= 4 is 17.6 Å². The highest BCUT2D eigenvalue weighted by atomic mass is 16.2. The number of amides is 2. The minimum Gasteiger partial charge on any atom is -0.367 e. The minimum absolute atomic E-state index is 0.0787. The van der Waals surface area contributed by atoms with Crippen LogP contribution in [0.5, 0.6) is 0 Å². The van der Waals surface area contributed by atoms with Crippen molar-refractivity contribution in [1.82, 2.24) is 15.2 Å². The molecule has 0 bridgehead atoms. The summed E-state index contributed by atoms with van der Waals surface area (Å²) in [5.41, 5.74) is 0.473. The van der Waals surface area contributed by atoms with Gasteiger partial charge in [-0.25, -0.2) is 4.98 Å². The Morgan fingerprint density at radius 1 is 1.42 bits per heavy atom. The topological polar surface area (TPSA) is 98.1 Å². The van der Waals surface area contributed by atoms with Crippen LogP contribution >= 0.6 is 0 Å². The molecule has 1 aliphatic heterocycles. The van der Waals surface area contributed by atoms with Gasteiger partial charge in [-0.2, -0.15) is 5.26 Å². The number of nitriles is 1. The second-order valence-corrected chi connectivity index (χ2v) is 6.37. The van der Waals surface area contributed by atoms with Gasteiger partial charge in [0, 0.05) is 38.8 Å². The Bertz CT molecular complexity index is 665. The first-order valence-electron chi connectivity index (χ1n) is 8.32. The van der Waals surface area contributed by atoms with Crippen molar-refractivity contribution in [2.24, 2.45) is 11.8 Å². The third-order valence-corrected chi connectivity index (χ3v) is 4.41. The molecule has 1 saturated heterocycles. The minimum atomic E-state index is -0.249. The van der Waals surface area contributed by atoms with Gasteiger partial charge in [-0.05, 0) is 30.9 Å². The smallest absolute Gasteiger partial charge is 0.225 e. The van der Waals surface area contributed by atoms with E-state index in [1.165, 1.54) is 12.8 Å². The molecule has 1 saturated carbocycles. The van der Waals surface area contributed by atoms with Gasteiger partial charge in [-0.1, -0.05) is 0 Å². The first kappa shape index (κ1) is 16.2. The molecule has 7 heteroatoms. The average molecular weight is 327 g/mol. The number of carbonyl (C=O) groups is 2. The van der Waals surface area contributed by atoms with Crippen LogP contribution in [0.2, 0.25) is 0 Å². The highest BCUT2D eigenvalue weighted by Gasteiger charge is 2.36. The Labute approximate surface area is 141 Å². The van der Waals surface area contributed by atoms with E-state index in [0.717, 1.165) is 6.54 Å². The van der Waals surface area contributed by atoms with Crippen molar-refractivity contribution in [3.63, 3.8) is 0 Å². The first-order chi connectivity index (χ1) is 11.7. The van der Waals surface area contributed by atoms with Crippen LogP contribution in [-0.2, 0) is 9.59 Å². The molecular formula is C17H21N5O2. The molecule has 1 aliphatic carbocycles. The van der Waals surface area contributed by atoms with Crippen LogP contribution in [0.4, 0.5) is 5.82 Å². The van der Waals surface area contributed by atoms with E-state index in [0.29, 0.717) is 43.4 Å². The maximum atomic E-state index is 12.2. The summed E-state index contributed by atoms with van der Waals surface area (Å²) in [6, 6.07) is 5.46. The third-order valence-electron chi connectivity index (χ3n) is 4.41. The average Bonchev–Trinajstić information content (AvgIpc) is 3.34. The number of aromatic nitrogens is 1. The van der Waals surface area contributed by atoms with E-state index < -0.39 is 0 Å². The zero-order valence-electron chi connectivity index (χ0n) is 13.5. The molecule has 24 heavy (non-hydrogen) atoms. The van der Waals surface area contributed by atoms with Gasteiger partial charge in [0.1, 0.15) is 11.9 Å². The molecule has 1 aromatic heterocycles. The lowest BCUT2D eigenvalue weighted by Gasteiger charge is -2.16. The van der Waals surface area contributed by atoms with E-state index in [4.69, 9.17) is 5.26 Å². The van der Waals surface area contributed by atoms with Crippen LogP contribution in [0, 0.1) is 23.2 Å². The number of anilines is 1. The summed E-state index contributed by atoms with van der Waals surface area (Å²) in [6.07, 6.45) is 4.32. The van der Waals surface area contributed by atoms with E-state index in [9.17, 15) is 9.59 Å². The first-order valence-corrected chi connectivity index (χ1v) is 8.32. The molecule has 2 heterocycles. The van der Waals surface area contributed by atoms with Crippen molar-refractivity contribution in [2.45, 2.75) is 19.3 Å². The van der Waals surface area contributed by atoms with Crippen LogP contribution in [0.3, 0.4) is 0 Å². The van der Waals surface area contributed by atoms with Crippen LogP contribution in [-0.4, -0.2) is 47.9 Å². The van der Waals surface area contributed by atoms with Crippen molar-refractivity contribution in [1.29, 1.82) is 5.26 Å². The quantitative estimate of drug-likeness (QED) is 0.720. The molecule has 0 spiro atoms. The van der Waals surface area contributed by atoms with Crippen molar-refractivity contribution < 1.29 is 9.59 Å². The summed E-state index contributed by atoms with van der Waals surface area (Å²) in [5, 5.41) is 14.9. The predicted molar refractivity (Wildman–Crippen MR) is 87.9 cm³/mol. The number of rotatable bonds is 7. The lowest BCUT2D eigenvalue weighted by Crippen LogP contribution is -2.36. The van der Waals surface area contributed by atoms with Gasteiger partial charge in [0.25, 0.3) is 0 Å². The molecule has 0 radical (unpaired) electrons. The molecule has 2 aliphatic rings. The number of hydrogen-bond acceptors (Lipinski definition) is 5. The summed E-state index contributed by atoms with van der Waals surface area (Å²) in [6.45, 7) is 2.24. The van der Waals surface area contributed by atoms with E-state index in [1.807, 2.05) is 4.90 Å². The van der Waals surface area contributed by atoms with E-state index in [-0.39, 0.29) is 17.7 Å². The Morgan fingerprint density at radius 2 is 2.25 bits per heavy atom. The second-order valence-electron chi connectivity index (χ2n) is 6.37. The molecule has 1 aromatic rings. The fraction of sp³-hybridized carbons (Fsp3) is 0.529. The molecule has 7 nitrogen and oxygen atoms in total. The van der Waals surface area contributed by atoms with Gasteiger partial charge < -0.3 is 15.5 Å². The van der Waals surface area contributed by atoms with Crippen molar-refractivity contribution in [3.05, 3.63) is 23.9 Å². The molecule has 2 N–H and O–H groups in total. The molecule has 1 atom stereocenters. The van der Waals surface area contributed by atoms with E-state index in [2.05, 4.69) is 21.7 Å². The van der Waals surface area contributed by atoms with Crippen LogP contribution < -0.4 is 10.6 Å². The summed E-state index contributed by atoms with van der Waals surface area (Å²) < 4.78 is 0. The zero-order valence-corrected chi connectivity index (χ0v) is 13.5. The van der Waals surface area contributed by atoms with E-state index in [1.54, 1.807) is 18.3 Å². The van der Waals surface area contributed by atoms with Gasteiger partial charge in [-0.15, -0.1) is 0 Å². The molecular weight excluding hydrogens is 306 g/mol. The molecule has 2 amide bonds. The van der Waals surface area contributed by atoms with Crippen LogP contribution in [0.1, 0.15) is 24.8 Å². The molecule has 3 rings (SSSR count). The lowest BCUT2D eigenvalue weighted by atomic mass is 10.1. The monoisotopic (exact) mass is 327 g/mol. The number of likely N-dealkylation sites (tertiary alicyclic amines) is 1. The summed E-state index contributed by atoms with van der Waals surface area (Å²) in [4.78, 5) is 30.0. The van der Waals surface area contributed by atoms with Crippen LogP contribution in [0.15, 0.2) is 18.3 Å². The fourth-order valence-electron chi connectivity index (χ4n) is 2.88. The van der Waals surface area contributed by atoms with E-state index >= 15 is 0 Å². The summed E-state index contributed by atoms with van der Waals surface area (Å²) >= 11 is 0. The maximum Gasteiger partial charge on any atom is 0.225 e. The second kappa shape index (κ2) is 7.30. The Balaban J connectivity index is 1.40. The largest absolute Gasteiger partial charge is 0.367 e. The number of nitrogens with one attached hydrogen (secondary N) is 2. The highest BCUT2D eigenvalue weighted by Crippen LogP contribution is 2.31. The molecule has 0 unspecified atom stereocenters. The van der Waals surface area contributed by atoms with Gasteiger partial charge in [0.15, 0.2) is 0 Å².